The zero-order valence-electron chi connectivity index (χ0n) is 16.6. The molecule has 2 heterocycles. The van der Waals surface area contributed by atoms with Gasteiger partial charge in [-0.3, -0.25) is 4.79 Å². The van der Waals surface area contributed by atoms with Crippen LogP contribution in [0.15, 0.2) is 54.7 Å². The molecule has 28 heavy (non-hydrogen) atoms. The molecule has 3 aromatic rings. The number of hydrogen-bond acceptors (Lipinski definition) is 1. The van der Waals surface area contributed by atoms with Gasteiger partial charge in [-0.15, -0.1) is 0 Å². The highest BCUT2D eigenvalue weighted by Gasteiger charge is 2.27. The molecule has 1 amide bonds. The first-order valence-electron chi connectivity index (χ1n) is 10.1. The highest BCUT2D eigenvalue weighted by molar-refractivity contribution is 6.30. The molecule has 2 aromatic carbocycles. The van der Waals surface area contributed by atoms with Gasteiger partial charge in [0.2, 0.25) is 5.91 Å². The van der Waals surface area contributed by atoms with E-state index in [0.717, 1.165) is 31.5 Å². The fourth-order valence-electron chi connectivity index (χ4n) is 4.34. The third-order valence-electron chi connectivity index (χ3n) is 6.07. The number of carbonyl (C=O) groups is 1. The number of piperidine rings is 1. The maximum Gasteiger partial charge on any atom is 0.223 e. The standard InChI is InChI=1S/C24H27ClN2O/c1-17-10-12-27(13-11-17)24(28)15-21(18-6-5-7-19(25)14-18)22-16-26(2)23-9-4-3-8-20(22)23/h3-9,14,16-17,21H,10-13,15H2,1-2H3. The minimum absolute atomic E-state index is 0.00310. The molecular formula is C24H27ClN2O. The van der Waals surface area contributed by atoms with Gasteiger partial charge in [-0.2, -0.15) is 0 Å². The molecule has 1 fully saturated rings. The van der Waals surface area contributed by atoms with Crippen molar-refractivity contribution >= 4 is 28.4 Å². The van der Waals surface area contributed by atoms with Gasteiger partial charge in [0.25, 0.3) is 0 Å². The highest BCUT2D eigenvalue weighted by Crippen LogP contribution is 2.36. The third-order valence-corrected chi connectivity index (χ3v) is 6.30. The van der Waals surface area contributed by atoms with Gasteiger partial charge in [0.1, 0.15) is 0 Å². The first-order chi connectivity index (χ1) is 13.5. The zero-order chi connectivity index (χ0) is 19.7. The van der Waals surface area contributed by atoms with E-state index in [1.807, 2.05) is 23.1 Å². The number of benzene rings is 2. The van der Waals surface area contributed by atoms with Crippen LogP contribution < -0.4 is 0 Å². The molecule has 1 unspecified atom stereocenters. The number of aromatic nitrogens is 1. The fraction of sp³-hybridized carbons (Fsp3) is 0.375. The number of amides is 1. The Morgan fingerprint density at radius 1 is 1.14 bits per heavy atom. The van der Waals surface area contributed by atoms with Crippen LogP contribution in [0.4, 0.5) is 0 Å². The van der Waals surface area contributed by atoms with E-state index in [2.05, 4.69) is 55.1 Å². The molecule has 0 bridgehead atoms. The van der Waals surface area contributed by atoms with Gasteiger partial charge in [0.05, 0.1) is 0 Å². The van der Waals surface area contributed by atoms with Crippen LogP contribution in [-0.4, -0.2) is 28.5 Å². The Morgan fingerprint density at radius 2 is 1.89 bits per heavy atom. The Balaban J connectivity index is 1.71. The number of carbonyl (C=O) groups excluding carboxylic acids is 1. The van der Waals surface area contributed by atoms with E-state index in [-0.39, 0.29) is 11.8 Å². The van der Waals surface area contributed by atoms with E-state index in [9.17, 15) is 4.79 Å². The number of halogens is 1. The average Bonchev–Trinajstić information content (AvgIpc) is 3.03. The van der Waals surface area contributed by atoms with Gasteiger partial charge >= 0.3 is 0 Å². The van der Waals surface area contributed by atoms with E-state index in [0.29, 0.717) is 17.4 Å². The number of hydrogen-bond donors (Lipinski definition) is 0. The first-order valence-corrected chi connectivity index (χ1v) is 10.5. The quantitative estimate of drug-likeness (QED) is 0.564. The van der Waals surface area contributed by atoms with Gasteiger partial charge < -0.3 is 9.47 Å². The highest BCUT2D eigenvalue weighted by atomic mass is 35.5. The Bertz CT molecular complexity index is 985. The van der Waals surface area contributed by atoms with Crippen LogP contribution in [0.5, 0.6) is 0 Å². The number of aryl methyl sites for hydroxylation is 1. The number of likely N-dealkylation sites (tertiary alicyclic amines) is 1. The SMILES string of the molecule is CC1CCN(C(=O)CC(c2cccc(Cl)c2)c2cn(C)c3ccccc23)CC1. The van der Waals surface area contributed by atoms with Crippen molar-refractivity contribution in [1.29, 1.82) is 0 Å². The maximum atomic E-state index is 13.2. The van der Waals surface area contributed by atoms with Crippen LogP contribution in [-0.2, 0) is 11.8 Å². The van der Waals surface area contributed by atoms with E-state index < -0.39 is 0 Å². The van der Waals surface area contributed by atoms with Crippen molar-refractivity contribution in [3.05, 3.63) is 70.9 Å². The predicted molar refractivity (Wildman–Crippen MR) is 116 cm³/mol. The van der Waals surface area contributed by atoms with Crippen molar-refractivity contribution in [3.63, 3.8) is 0 Å². The fourth-order valence-corrected chi connectivity index (χ4v) is 4.54. The molecule has 146 valence electrons. The molecule has 4 heteroatoms. The van der Waals surface area contributed by atoms with Crippen LogP contribution in [0.25, 0.3) is 10.9 Å². The van der Waals surface area contributed by atoms with E-state index in [1.54, 1.807) is 0 Å². The summed E-state index contributed by atoms with van der Waals surface area (Å²) < 4.78 is 2.15. The largest absolute Gasteiger partial charge is 0.350 e. The van der Waals surface area contributed by atoms with Gasteiger partial charge in [-0.05, 0) is 48.1 Å². The second-order valence-electron chi connectivity index (χ2n) is 8.09. The Labute approximate surface area is 171 Å². The monoisotopic (exact) mass is 394 g/mol. The topological polar surface area (TPSA) is 25.2 Å². The van der Waals surface area contributed by atoms with Crippen molar-refractivity contribution in [1.82, 2.24) is 9.47 Å². The summed E-state index contributed by atoms with van der Waals surface area (Å²) in [6.45, 7) is 4.02. The molecule has 1 atom stereocenters. The lowest BCUT2D eigenvalue weighted by Crippen LogP contribution is -2.38. The summed E-state index contributed by atoms with van der Waals surface area (Å²) in [6.07, 6.45) is 4.84. The van der Waals surface area contributed by atoms with E-state index >= 15 is 0 Å². The second-order valence-corrected chi connectivity index (χ2v) is 8.52. The lowest BCUT2D eigenvalue weighted by Gasteiger charge is -2.31. The van der Waals surface area contributed by atoms with Crippen molar-refractivity contribution in [2.75, 3.05) is 13.1 Å². The third kappa shape index (κ3) is 3.81. The molecule has 0 spiro atoms. The zero-order valence-corrected chi connectivity index (χ0v) is 17.3. The summed E-state index contributed by atoms with van der Waals surface area (Å²) in [5.41, 5.74) is 3.48. The number of fused-ring (bicyclic) bond motifs is 1. The number of para-hydroxylation sites is 1. The van der Waals surface area contributed by atoms with Crippen molar-refractivity contribution < 1.29 is 4.79 Å². The first kappa shape index (κ1) is 19.1. The summed E-state index contributed by atoms with van der Waals surface area (Å²) in [5.74, 6) is 0.951. The smallest absolute Gasteiger partial charge is 0.223 e. The molecule has 3 nitrogen and oxygen atoms in total. The lowest BCUT2D eigenvalue weighted by molar-refractivity contribution is -0.132. The minimum Gasteiger partial charge on any atom is -0.350 e. The molecule has 1 aliphatic rings. The molecule has 1 aliphatic heterocycles. The molecule has 1 saturated heterocycles. The molecule has 0 N–H and O–H groups in total. The van der Waals surface area contributed by atoms with E-state index in [1.165, 1.54) is 16.5 Å². The summed E-state index contributed by atoms with van der Waals surface area (Å²) >= 11 is 6.30. The molecule has 0 aliphatic carbocycles. The van der Waals surface area contributed by atoms with Crippen LogP contribution in [0.2, 0.25) is 5.02 Å². The van der Waals surface area contributed by atoms with Gasteiger partial charge in [-0.1, -0.05) is 48.9 Å². The van der Waals surface area contributed by atoms with Gasteiger partial charge in [0, 0.05) is 54.6 Å². The lowest BCUT2D eigenvalue weighted by atomic mass is 9.87. The second kappa shape index (κ2) is 8.00. The number of nitrogens with zero attached hydrogens (tertiary/aromatic N) is 2. The predicted octanol–water partition coefficient (Wildman–Crippen LogP) is 5.61. The molecular weight excluding hydrogens is 368 g/mol. The Kier molecular flexibility index (Phi) is 5.45. The van der Waals surface area contributed by atoms with Gasteiger partial charge in [-0.25, -0.2) is 0 Å². The van der Waals surface area contributed by atoms with Crippen molar-refractivity contribution in [3.8, 4) is 0 Å². The van der Waals surface area contributed by atoms with Crippen LogP contribution in [0.3, 0.4) is 0 Å². The molecule has 0 saturated carbocycles. The number of rotatable bonds is 4. The van der Waals surface area contributed by atoms with Crippen LogP contribution in [0, 0.1) is 5.92 Å². The van der Waals surface area contributed by atoms with Crippen molar-refractivity contribution in [2.24, 2.45) is 13.0 Å². The average molecular weight is 395 g/mol. The molecule has 1 aromatic heterocycles. The minimum atomic E-state index is -0.00310. The summed E-state index contributed by atoms with van der Waals surface area (Å²) in [4.78, 5) is 15.2. The summed E-state index contributed by atoms with van der Waals surface area (Å²) in [5, 5.41) is 1.91. The van der Waals surface area contributed by atoms with Crippen LogP contribution >= 0.6 is 11.6 Å². The van der Waals surface area contributed by atoms with Gasteiger partial charge in [0.15, 0.2) is 0 Å². The Morgan fingerprint density at radius 3 is 2.64 bits per heavy atom. The molecule has 4 rings (SSSR count). The maximum absolute atomic E-state index is 13.2. The summed E-state index contributed by atoms with van der Waals surface area (Å²) in [7, 11) is 2.06. The normalized spacial score (nSPS) is 16.5. The van der Waals surface area contributed by atoms with E-state index in [4.69, 9.17) is 11.6 Å². The molecule has 0 radical (unpaired) electrons. The van der Waals surface area contributed by atoms with Crippen LogP contribution in [0.1, 0.15) is 43.2 Å². The van der Waals surface area contributed by atoms with Crippen molar-refractivity contribution in [2.45, 2.75) is 32.1 Å². The Hall–Kier alpha value is -2.26. The summed E-state index contributed by atoms with van der Waals surface area (Å²) in [6, 6.07) is 16.3.